The van der Waals surface area contributed by atoms with Crippen LogP contribution in [0.25, 0.3) is 0 Å². The molecule has 0 unspecified atom stereocenters. The molecule has 2 heterocycles. The van der Waals surface area contributed by atoms with Crippen molar-refractivity contribution < 1.29 is 24.4 Å². The SMILES string of the molecule is [O]N1CC=C(C(=O)ON2C(=O)CCC2=O)C1. The van der Waals surface area contributed by atoms with Gasteiger partial charge in [-0.15, -0.1) is 15.3 Å². The van der Waals surface area contributed by atoms with E-state index in [0.29, 0.717) is 10.1 Å². The Balaban J connectivity index is 1.97. The number of hydrogen-bond donors (Lipinski definition) is 0. The fraction of sp³-hybridized carbons (Fsp3) is 0.444. The van der Waals surface area contributed by atoms with Gasteiger partial charge in [0.25, 0.3) is 11.8 Å². The highest BCUT2D eigenvalue weighted by atomic mass is 16.7. The largest absolute Gasteiger partial charge is 0.361 e. The topological polar surface area (TPSA) is 86.8 Å². The predicted octanol–water partition coefficient (Wildman–Crippen LogP) is -0.819. The maximum Gasteiger partial charge on any atom is 0.361 e. The Hall–Kier alpha value is -1.73. The smallest absolute Gasteiger partial charge is 0.325 e. The van der Waals surface area contributed by atoms with Crippen molar-refractivity contribution in [1.29, 1.82) is 0 Å². The number of amides is 2. The Morgan fingerprint density at radius 3 is 2.38 bits per heavy atom. The highest BCUT2D eigenvalue weighted by Crippen LogP contribution is 2.15. The molecule has 7 nitrogen and oxygen atoms in total. The predicted molar refractivity (Wildman–Crippen MR) is 47.5 cm³/mol. The van der Waals surface area contributed by atoms with Crippen molar-refractivity contribution in [3.05, 3.63) is 11.6 Å². The second-order valence-corrected chi connectivity index (χ2v) is 3.51. The monoisotopic (exact) mass is 225 g/mol. The molecule has 7 heteroatoms. The molecule has 0 aromatic heterocycles. The minimum Gasteiger partial charge on any atom is -0.325 e. The number of hydrogen-bond acceptors (Lipinski definition) is 5. The number of nitrogens with zero attached hydrogens (tertiary/aromatic N) is 2. The lowest BCUT2D eigenvalue weighted by Gasteiger charge is -2.12. The first kappa shape index (κ1) is 10.8. The zero-order valence-corrected chi connectivity index (χ0v) is 8.34. The van der Waals surface area contributed by atoms with Crippen LogP contribution in [0.4, 0.5) is 0 Å². The van der Waals surface area contributed by atoms with Crippen LogP contribution in [0, 0.1) is 0 Å². The molecule has 0 saturated carbocycles. The van der Waals surface area contributed by atoms with Crippen LogP contribution in [0.15, 0.2) is 11.6 Å². The molecule has 2 rings (SSSR count). The van der Waals surface area contributed by atoms with Gasteiger partial charge in [0.1, 0.15) is 0 Å². The highest BCUT2D eigenvalue weighted by molar-refractivity contribution is 6.02. The number of rotatable bonds is 2. The van der Waals surface area contributed by atoms with E-state index in [-0.39, 0.29) is 31.5 Å². The van der Waals surface area contributed by atoms with Gasteiger partial charge >= 0.3 is 5.97 Å². The summed E-state index contributed by atoms with van der Waals surface area (Å²) in [4.78, 5) is 38.3. The molecule has 0 aromatic carbocycles. The van der Waals surface area contributed by atoms with Gasteiger partial charge < -0.3 is 4.84 Å². The Morgan fingerprint density at radius 1 is 1.25 bits per heavy atom. The van der Waals surface area contributed by atoms with E-state index in [1.807, 2.05) is 0 Å². The van der Waals surface area contributed by atoms with Crippen molar-refractivity contribution in [2.75, 3.05) is 13.1 Å². The van der Waals surface area contributed by atoms with Gasteiger partial charge in [-0.1, -0.05) is 6.08 Å². The molecular weight excluding hydrogens is 216 g/mol. The lowest BCUT2D eigenvalue weighted by molar-refractivity contribution is -0.195. The molecule has 0 N–H and O–H groups in total. The van der Waals surface area contributed by atoms with E-state index in [1.165, 1.54) is 6.08 Å². The van der Waals surface area contributed by atoms with E-state index < -0.39 is 17.8 Å². The molecule has 2 amide bonds. The summed E-state index contributed by atoms with van der Waals surface area (Å²) in [5.41, 5.74) is 0.169. The Labute approximate surface area is 90.8 Å². The lowest BCUT2D eigenvalue weighted by Crippen LogP contribution is -2.33. The molecule has 1 saturated heterocycles. The third-order valence-corrected chi connectivity index (χ3v) is 2.33. The Kier molecular flexibility index (Phi) is 2.71. The zero-order valence-electron chi connectivity index (χ0n) is 8.34. The summed E-state index contributed by atoms with van der Waals surface area (Å²) in [7, 11) is 0. The van der Waals surface area contributed by atoms with Crippen LogP contribution in [-0.2, 0) is 24.4 Å². The summed E-state index contributed by atoms with van der Waals surface area (Å²) in [6.45, 7) is 0.0430. The van der Waals surface area contributed by atoms with E-state index >= 15 is 0 Å². The molecule has 2 aliphatic heterocycles. The number of imide groups is 1. The normalized spacial score (nSPS) is 21.6. The van der Waals surface area contributed by atoms with Gasteiger partial charge in [0.15, 0.2) is 0 Å². The molecule has 16 heavy (non-hydrogen) atoms. The van der Waals surface area contributed by atoms with Crippen LogP contribution >= 0.6 is 0 Å². The average molecular weight is 225 g/mol. The van der Waals surface area contributed by atoms with Gasteiger partial charge in [0.2, 0.25) is 0 Å². The zero-order chi connectivity index (χ0) is 11.7. The minimum atomic E-state index is -0.818. The minimum absolute atomic E-state index is 0.0544. The summed E-state index contributed by atoms with van der Waals surface area (Å²) in [6.07, 6.45) is 1.53. The second-order valence-electron chi connectivity index (χ2n) is 3.51. The van der Waals surface area contributed by atoms with Gasteiger partial charge in [-0.25, -0.2) is 4.79 Å². The van der Waals surface area contributed by atoms with Crippen molar-refractivity contribution in [1.82, 2.24) is 10.1 Å². The van der Waals surface area contributed by atoms with E-state index in [0.717, 1.165) is 0 Å². The van der Waals surface area contributed by atoms with Crippen LogP contribution < -0.4 is 0 Å². The van der Waals surface area contributed by atoms with Gasteiger partial charge in [-0.3, -0.25) is 9.59 Å². The standard InChI is InChI=1S/C9H9N2O5/c12-7-1-2-8(13)11(7)16-9(14)6-3-4-10(15)5-6/h3H,1-2,4-5H2. The van der Waals surface area contributed by atoms with Gasteiger partial charge in [0.05, 0.1) is 12.1 Å². The van der Waals surface area contributed by atoms with Crippen LogP contribution in [0.5, 0.6) is 0 Å². The lowest BCUT2D eigenvalue weighted by atomic mass is 10.3. The van der Waals surface area contributed by atoms with Crippen LogP contribution in [0.1, 0.15) is 12.8 Å². The van der Waals surface area contributed by atoms with Gasteiger partial charge in [0, 0.05) is 19.4 Å². The fourth-order valence-corrected chi connectivity index (χ4v) is 1.48. The first-order valence-corrected chi connectivity index (χ1v) is 4.77. The van der Waals surface area contributed by atoms with E-state index in [9.17, 15) is 19.6 Å². The third kappa shape index (κ3) is 1.95. The van der Waals surface area contributed by atoms with Crippen molar-refractivity contribution in [3.8, 4) is 0 Å². The maximum atomic E-state index is 11.4. The van der Waals surface area contributed by atoms with E-state index in [2.05, 4.69) is 4.84 Å². The molecule has 0 bridgehead atoms. The third-order valence-electron chi connectivity index (χ3n) is 2.33. The summed E-state index contributed by atoms with van der Waals surface area (Å²) in [5, 5.41) is 12.0. The summed E-state index contributed by atoms with van der Waals surface area (Å²) < 4.78 is 0. The van der Waals surface area contributed by atoms with E-state index in [1.54, 1.807) is 0 Å². The summed E-state index contributed by atoms with van der Waals surface area (Å²) >= 11 is 0. The molecule has 2 aliphatic rings. The number of carbonyl (C=O) groups excluding carboxylic acids is 3. The molecule has 85 valence electrons. The molecule has 1 radical (unpaired) electrons. The Bertz CT molecular complexity index is 373. The molecule has 0 atom stereocenters. The molecule has 0 aliphatic carbocycles. The van der Waals surface area contributed by atoms with Crippen LogP contribution in [0.2, 0.25) is 0 Å². The molecular formula is C9H9N2O5. The average Bonchev–Trinajstić information content (AvgIpc) is 2.79. The highest BCUT2D eigenvalue weighted by Gasteiger charge is 2.34. The van der Waals surface area contributed by atoms with Crippen molar-refractivity contribution in [3.63, 3.8) is 0 Å². The summed E-state index contributed by atoms with van der Waals surface area (Å²) in [5.74, 6) is -1.88. The first-order chi connectivity index (χ1) is 7.58. The van der Waals surface area contributed by atoms with Crippen molar-refractivity contribution in [2.45, 2.75) is 12.8 Å². The Morgan fingerprint density at radius 2 is 1.88 bits per heavy atom. The quantitative estimate of drug-likeness (QED) is 0.573. The maximum absolute atomic E-state index is 11.4. The summed E-state index contributed by atoms with van der Waals surface area (Å²) in [6, 6.07) is 0. The van der Waals surface area contributed by atoms with Crippen LogP contribution in [-0.4, -0.2) is 41.0 Å². The van der Waals surface area contributed by atoms with Crippen molar-refractivity contribution in [2.24, 2.45) is 0 Å². The molecule has 1 fully saturated rings. The number of hydroxylamine groups is 4. The van der Waals surface area contributed by atoms with Crippen molar-refractivity contribution >= 4 is 17.8 Å². The molecule has 0 aromatic rings. The second kappa shape index (κ2) is 4.03. The van der Waals surface area contributed by atoms with Gasteiger partial charge in [-0.05, 0) is 0 Å². The number of carbonyl (C=O) groups is 3. The fourth-order valence-electron chi connectivity index (χ4n) is 1.48. The molecule has 0 spiro atoms. The first-order valence-electron chi connectivity index (χ1n) is 4.77. The van der Waals surface area contributed by atoms with Gasteiger partial charge in [-0.2, -0.15) is 0 Å². The van der Waals surface area contributed by atoms with E-state index in [4.69, 9.17) is 0 Å². The van der Waals surface area contributed by atoms with Crippen LogP contribution in [0.3, 0.4) is 0 Å².